The number of ether oxygens (including phenoxy) is 1. The minimum Gasteiger partial charge on any atom is -0.466 e. The Hall–Kier alpha value is -2.61. The number of nitrogens with zero attached hydrogens (tertiary/aromatic N) is 3. The van der Waals surface area contributed by atoms with Gasteiger partial charge in [0.25, 0.3) is 0 Å². The molecule has 0 unspecified atom stereocenters. The molecule has 0 bridgehead atoms. The van der Waals surface area contributed by atoms with Gasteiger partial charge in [-0.2, -0.15) is 0 Å². The van der Waals surface area contributed by atoms with Gasteiger partial charge in [0.1, 0.15) is 0 Å². The zero-order valence-corrected chi connectivity index (χ0v) is 22.8. The number of halogens is 1. The second-order valence-corrected chi connectivity index (χ2v) is 9.46. The van der Waals surface area contributed by atoms with E-state index in [0.29, 0.717) is 26.2 Å². The highest BCUT2D eigenvalue weighted by molar-refractivity contribution is 9.10. The lowest BCUT2D eigenvalue weighted by atomic mass is 10.2. The third-order valence-corrected chi connectivity index (χ3v) is 6.23. The number of benzene rings is 1. The van der Waals surface area contributed by atoms with Crippen LogP contribution >= 0.6 is 15.9 Å². The molecule has 0 atom stereocenters. The zero-order chi connectivity index (χ0) is 25.6. The Labute approximate surface area is 217 Å². The van der Waals surface area contributed by atoms with Crippen molar-refractivity contribution in [2.75, 3.05) is 26.2 Å². The van der Waals surface area contributed by atoms with E-state index in [0.717, 1.165) is 36.0 Å². The second-order valence-electron chi connectivity index (χ2n) is 8.54. The van der Waals surface area contributed by atoms with Crippen LogP contribution in [0.3, 0.4) is 0 Å². The van der Waals surface area contributed by atoms with E-state index in [2.05, 4.69) is 39.6 Å². The predicted molar refractivity (Wildman–Crippen MR) is 141 cm³/mol. The largest absolute Gasteiger partial charge is 0.466 e. The molecule has 2 rings (SSSR count). The minimum absolute atomic E-state index is 0.0205. The fourth-order valence-electron chi connectivity index (χ4n) is 3.80. The van der Waals surface area contributed by atoms with Gasteiger partial charge in [0.15, 0.2) is 0 Å². The van der Waals surface area contributed by atoms with Crippen LogP contribution in [0.2, 0.25) is 0 Å². The lowest BCUT2D eigenvalue weighted by Gasteiger charge is -2.28. The quantitative estimate of drug-likeness (QED) is 0.294. The number of rotatable bonds is 15. The van der Waals surface area contributed by atoms with Gasteiger partial charge in [-0.3, -0.25) is 14.4 Å². The molecule has 0 N–H and O–H groups in total. The summed E-state index contributed by atoms with van der Waals surface area (Å²) in [6.45, 7) is 8.44. The lowest BCUT2D eigenvalue weighted by Crippen LogP contribution is -2.43. The Kier molecular flexibility index (Phi) is 12.6. The summed E-state index contributed by atoms with van der Waals surface area (Å²) in [6, 6.07) is 12.3. The average molecular weight is 549 g/mol. The highest BCUT2D eigenvalue weighted by Crippen LogP contribution is 2.15. The molecule has 0 radical (unpaired) electrons. The molecule has 1 heterocycles. The number of carbonyl (C=O) groups is 3. The molecule has 0 saturated carbocycles. The summed E-state index contributed by atoms with van der Waals surface area (Å²) in [7, 11) is 0. The van der Waals surface area contributed by atoms with Crippen molar-refractivity contribution < 1.29 is 19.1 Å². The van der Waals surface area contributed by atoms with Crippen molar-refractivity contribution in [3.05, 3.63) is 58.3 Å². The molecule has 8 heteroatoms. The van der Waals surface area contributed by atoms with E-state index in [9.17, 15) is 14.4 Å². The number of aromatic nitrogens is 1. The Morgan fingerprint density at radius 2 is 1.66 bits per heavy atom. The highest BCUT2D eigenvalue weighted by Gasteiger charge is 2.22. The smallest absolute Gasteiger partial charge is 0.306 e. The van der Waals surface area contributed by atoms with Crippen LogP contribution in [0.5, 0.6) is 0 Å². The molecular weight excluding hydrogens is 510 g/mol. The molecule has 0 aliphatic carbocycles. The molecule has 7 nitrogen and oxygen atoms in total. The molecule has 0 saturated heterocycles. The molecular formula is C27H38BrN3O4. The lowest BCUT2D eigenvalue weighted by molar-refractivity contribution is -0.146. The molecule has 35 heavy (non-hydrogen) atoms. The maximum absolute atomic E-state index is 13.3. The van der Waals surface area contributed by atoms with Crippen LogP contribution in [0, 0.1) is 0 Å². The van der Waals surface area contributed by atoms with Gasteiger partial charge in [-0.15, -0.1) is 0 Å². The average Bonchev–Trinajstić information content (AvgIpc) is 3.27. The maximum Gasteiger partial charge on any atom is 0.306 e. The van der Waals surface area contributed by atoms with Crippen molar-refractivity contribution in [2.45, 2.75) is 66.0 Å². The molecule has 1 aromatic heterocycles. The van der Waals surface area contributed by atoms with E-state index in [1.54, 1.807) is 11.8 Å². The number of carbonyl (C=O) groups excluding carboxylic acids is 3. The van der Waals surface area contributed by atoms with E-state index in [-0.39, 0.29) is 37.2 Å². The summed E-state index contributed by atoms with van der Waals surface area (Å²) in [5.74, 6) is -0.658. The van der Waals surface area contributed by atoms with Crippen LogP contribution in [0.4, 0.5) is 0 Å². The number of amides is 2. The molecule has 1 aromatic carbocycles. The number of hydrogen-bond donors (Lipinski definition) is 0. The van der Waals surface area contributed by atoms with Crippen molar-refractivity contribution in [2.24, 2.45) is 0 Å². The van der Waals surface area contributed by atoms with Gasteiger partial charge in [-0.25, -0.2) is 0 Å². The van der Waals surface area contributed by atoms with Crippen LogP contribution in [0.15, 0.2) is 47.1 Å². The fourth-order valence-corrected chi connectivity index (χ4v) is 4.06. The van der Waals surface area contributed by atoms with Crippen molar-refractivity contribution in [1.29, 1.82) is 0 Å². The van der Waals surface area contributed by atoms with E-state index in [1.807, 2.05) is 42.3 Å². The van der Waals surface area contributed by atoms with Gasteiger partial charge < -0.3 is 19.1 Å². The second kappa shape index (κ2) is 15.4. The molecule has 0 spiro atoms. The summed E-state index contributed by atoms with van der Waals surface area (Å²) in [5.41, 5.74) is 2.23. The van der Waals surface area contributed by atoms with Crippen molar-refractivity contribution >= 4 is 33.7 Å². The molecule has 0 aliphatic rings. The predicted octanol–water partition coefficient (Wildman–Crippen LogP) is 5.01. The molecule has 2 amide bonds. The number of unbranched alkanes of at least 4 members (excludes halogenated alkanes) is 1. The third kappa shape index (κ3) is 9.88. The van der Waals surface area contributed by atoms with Gasteiger partial charge in [0.2, 0.25) is 11.8 Å². The minimum atomic E-state index is -0.389. The van der Waals surface area contributed by atoms with E-state index in [1.165, 1.54) is 5.56 Å². The molecule has 0 aliphatic heterocycles. The number of hydrogen-bond acceptors (Lipinski definition) is 4. The summed E-state index contributed by atoms with van der Waals surface area (Å²) >= 11 is 3.47. The Morgan fingerprint density at radius 3 is 2.31 bits per heavy atom. The molecule has 192 valence electrons. The van der Waals surface area contributed by atoms with E-state index < -0.39 is 0 Å². The van der Waals surface area contributed by atoms with Crippen molar-refractivity contribution in [3.8, 4) is 0 Å². The van der Waals surface area contributed by atoms with Crippen LogP contribution in [0.1, 0.15) is 64.1 Å². The fraction of sp³-hybridized carbons (Fsp3) is 0.519. The van der Waals surface area contributed by atoms with Gasteiger partial charge in [0, 0.05) is 42.4 Å². The Balaban J connectivity index is 2.08. The maximum atomic E-state index is 13.3. The zero-order valence-electron chi connectivity index (χ0n) is 21.2. The first kappa shape index (κ1) is 28.6. The first-order chi connectivity index (χ1) is 16.9. The first-order valence-corrected chi connectivity index (χ1v) is 13.3. The highest BCUT2D eigenvalue weighted by atomic mass is 79.9. The summed E-state index contributed by atoms with van der Waals surface area (Å²) in [5, 5.41) is 0. The first-order valence-electron chi connectivity index (χ1n) is 12.5. The Morgan fingerprint density at radius 1 is 0.914 bits per heavy atom. The van der Waals surface area contributed by atoms with Gasteiger partial charge in [-0.05, 0) is 49.6 Å². The molecule has 0 fully saturated rings. The molecule has 2 aromatic rings. The SMILES string of the molecule is CCCCN(Cc1cccn1Cc1ccc(Br)cc1)C(=O)CN(CCC)C(=O)CCC(=O)OCC. The standard InChI is InChI=1S/C27H38BrN3O4/c1-4-7-17-31(20-24-9-8-18-29(24)19-22-10-12-23(28)13-11-22)26(33)21-30(16-5-2)25(32)14-15-27(34)35-6-3/h8-13,18H,4-7,14-17,19-21H2,1-3H3. The number of esters is 1. The van der Waals surface area contributed by atoms with Crippen LogP contribution in [0.25, 0.3) is 0 Å². The van der Waals surface area contributed by atoms with Crippen molar-refractivity contribution in [3.63, 3.8) is 0 Å². The Bertz CT molecular complexity index is 942. The van der Waals surface area contributed by atoms with Crippen LogP contribution in [-0.2, 0) is 32.2 Å². The summed E-state index contributed by atoms with van der Waals surface area (Å²) in [6.07, 6.45) is 4.72. The van der Waals surface area contributed by atoms with Gasteiger partial charge in [0.05, 0.1) is 26.1 Å². The summed E-state index contributed by atoms with van der Waals surface area (Å²) in [4.78, 5) is 41.2. The van der Waals surface area contributed by atoms with E-state index in [4.69, 9.17) is 4.74 Å². The normalized spacial score (nSPS) is 10.7. The van der Waals surface area contributed by atoms with E-state index >= 15 is 0 Å². The van der Waals surface area contributed by atoms with Crippen molar-refractivity contribution in [1.82, 2.24) is 14.4 Å². The monoisotopic (exact) mass is 547 g/mol. The third-order valence-electron chi connectivity index (χ3n) is 5.70. The topological polar surface area (TPSA) is 71.9 Å². The van der Waals surface area contributed by atoms with Gasteiger partial charge >= 0.3 is 5.97 Å². The summed E-state index contributed by atoms with van der Waals surface area (Å²) < 4.78 is 8.12. The van der Waals surface area contributed by atoms with Crippen LogP contribution in [-0.4, -0.2) is 58.4 Å². The van der Waals surface area contributed by atoms with Crippen LogP contribution < -0.4 is 0 Å². The van der Waals surface area contributed by atoms with Gasteiger partial charge in [-0.1, -0.05) is 48.3 Å².